The van der Waals surface area contributed by atoms with Gasteiger partial charge in [0.25, 0.3) is 11.6 Å². The maximum Gasteiger partial charge on any atom is 0.270 e. The van der Waals surface area contributed by atoms with Crippen molar-refractivity contribution in [3.05, 3.63) is 111 Å². The van der Waals surface area contributed by atoms with Crippen LogP contribution in [0.25, 0.3) is 0 Å². The minimum absolute atomic E-state index is 0.141. The van der Waals surface area contributed by atoms with Gasteiger partial charge >= 0.3 is 0 Å². The number of hydrogen-bond donors (Lipinski definition) is 0. The fraction of sp³-hybridized carbons (Fsp3) is 0.192. The van der Waals surface area contributed by atoms with E-state index in [-0.39, 0.29) is 29.2 Å². The minimum Gasteiger partial charge on any atom is -0.497 e. The van der Waals surface area contributed by atoms with E-state index in [1.165, 1.54) is 24.5 Å². The highest BCUT2D eigenvalue weighted by atomic mass is 16.6. The number of methoxy groups -OCH3 is 1. The van der Waals surface area contributed by atoms with Crippen LogP contribution in [0.3, 0.4) is 0 Å². The number of nitrogens with zero attached hydrogens (tertiary/aromatic N) is 5. The predicted molar refractivity (Wildman–Crippen MR) is 130 cm³/mol. The van der Waals surface area contributed by atoms with Crippen LogP contribution in [0.1, 0.15) is 45.6 Å². The third-order valence-corrected chi connectivity index (χ3v) is 6.31. The van der Waals surface area contributed by atoms with E-state index in [0.29, 0.717) is 12.4 Å². The number of carbonyl (C=O) groups excluding carboxylic acids is 1. The Bertz CT molecular complexity index is 1380. The molecule has 2 unspecified atom stereocenters. The van der Waals surface area contributed by atoms with Crippen molar-refractivity contribution in [2.45, 2.75) is 25.4 Å². The van der Waals surface area contributed by atoms with Crippen LogP contribution in [0, 0.1) is 17.0 Å². The smallest absolute Gasteiger partial charge is 0.270 e. The first-order valence-electron chi connectivity index (χ1n) is 11.1. The molecule has 9 heteroatoms. The van der Waals surface area contributed by atoms with Crippen molar-refractivity contribution in [1.82, 2.24) is 14.8 Å². The van der Waals surface area contributed by atoms with Crippen molar-refractivity contribution < 1.29 is 14.5 Å². The van der Waals surface area contributed by atoms with E-state index in [0.717, 1.165) is 22.4 Å². The van der Waals surface area contributed by atoms with Gasteiger partial charge in [0.1, 0.15) is 12.1 Å². The molecule has 0 N–H and O–H groups in total. The zero-order chi connectivity index (χ0) is 24.5. The molecule has 35 heavy (non-hydrogen) atoms. The molecule has 5 rings (SSSR count). The van der Waals surface area contributed by atoms with Crippen LogP contribution in [0.4, 0.5) is 11.6 Å². The number of nitro groups is 1. The molecule has 1 aliphatic rings. The van der Waals surface area contributed by atoms with Crippen LogP contribution < -0.4 is 9.64 Å². The van der Waals surface area contributed by atoms with Gasteiger partial charge in [0.05, 0.1) is 24.1 Å². The maximum atomic E-state index is 13.8. The molecule has 0 fully saturated rings. The molecular formula is C26H23N5O4. The molecule has 1 aromatic heterocycles. The quantitative estimate of drug-likeness (QED) is 0.305. The summed E-state index contributed by atoms with van der Waals surface area (Å²) in [6.07, 6.45) is 1.98. The van der Waals surface area contributed by atoms with Crippen molar-refractivity contribution in [1.29, 1.82) is 0 Å². The monoisotopic (exact) mass is 469 g/mol. The van der Waals surface area contributed by atoms with Crippen molar-refractivity contribution in [2.75, 3.05) is 12.0 Å². The molecule has 0 spiro atoms. The first-order chi connectivity index (χ1) is 17.0. The Morgan fingerprint density at radius 1 is 1.03 bits per heavy atom. The molecule has 176 valence electrons. The van der Waals surface area contributed by atoms with Crippen molar-refractivity contribution in [3.63, 3.8) is 0 Å². The summed E-state index contributed by atoms with van der Waals surface area (Å²) in [6.45, 7) is 2.01. The number of carbonyl (C=O) groups is 1. The molecule has 9 nitrogen and oxygen atoms in total. The number of aryl methyl sites for hydroxylation is 1. The maximum absolute atomic E-state index is 13.8. The topological polar surface area (TPSA) is 103 Å². The van der Waals surface area contributed by atoms with Gasteiger partial charge < -0.3 is 4.74 Å². The van der Waals surface area contributed by atoms with Gasteiger partial charge in [-0.2, -0.15) is 10.1 Å². The van der Waals surface area contributed by atoms with Gasteiger partial charge in [0, 0.05) is 17.7 Å². The van der Waals surface area contributed by atoms with Gasteiger partial charge in [-0.05, 0) is 42.7 Å². The number of amides is 1. The van der Waals surface area contributed by atoms with Gasteiger partial charge in [-0.15, -0.1) is 0 Å². The van der Waals surface area contributed by atoms with E-state index in [9.17, 15) is 14.9 Å². The Morgan fingerprint density at radius 3 is 2.40 bits per heavy atom. The third-order valence-electron chi connectivity index (χ3n) is 6.31. The summed E-state index contributed by atoms with van der Waals surface area (Å²) in [7, 11) is 1.62. The van der Waals surface area contributed by atoms with E-state index >= 15 is 0 Å². The molecule has 1 amide bonds. The summed E-state index contributed by atoms with van der Waals surface area (Å²) in [5.41, 5.74) is 3.14. The van der Waals surface area contributed by atoms with Crippen molar-refractivity contribution in [2.24, 2.45) is 0 Å². The fourth-order valence-electron chi connectivity index (χ4n) is 4.49. The van der Waals surface area contributed by atoms with E-state index in [4.69, 9.17) is 4.74 Å². The minimum atomic E-state index is -0.507. The number of rotatable bonds is 5. The molecule has 2 heterocycles. The van der Waals surface area contributed by atoms with Gasteiger partial charge in [0.15, 0.2) is 0 Å². The largest absolute Gasteiger partial charge is 0.497 e. The molecule has 0 radical (unpaired) electrons. The number of fused-ring (bicyclic) bond motifs is 1. The summed E-state index contributed by atoms with van der Waals surface area (Å²) >= 11 is 0. The lowest BCUT2D eigenvalue weighted by atomic mass is 9.91. The second kappa shape index (κ2) is 9.02. The average molecular weight is 470 g/mol. The Hall–Kier alpha value is -4.53. The number of non-ortho nitro benzene ring substituents is 1. The Morgan fingerprint density at radius 2 is 1.71 bits per heavy atom. The highest BCUT2D eigenvalue weighted by molar-refractivity contribution is 6.06. The Labute approximate surface area is 201 Å². The molecule has 0 aliphatic carbocycles. The predicted octanol–water partition coefficient (Wildman–Crippen LogP) is 4.88. The first-order valence-corrected chi connectivity index (χ1v) is 11.1. The second-order valence-electron chi connectivity index (χ2n) is 8.44. The molecular weight excluding hydrogens is 446 g/mol. The fourth-order valence-corrected chi connectivity index (χ4v) is 4.49. The van der Waals surface area contributed by atoms with Gasteiger partial charge in [-0.25, -0.2) is 4.68 Å². The summed E-state index contributed by atoms with van der Waals surface area (Å²) in [5, 5.41) is 15.8. The Balaban J connectivity index is 1.63. The standard InChI is InChI=1S/C26H23N5O4/c1-17-6-8-18(9-7-17)23-15-24(19-10-12-22(35-2)13-11-19)30-26(27-16-28-30)29(23)25(32)20-4-3-5-21(14-20)31(33)34/h3-14,16,23-24H,15H2,1-2H3. The van der Waals surface area contributed by atoms with Crippen LogP contribution in [0.5, 0.6) is 5.75 Å². The molecule has 3 aromatic carbocycles. The van der Waals surface area contributed by atoms with E-state index in [1.807, 2.05) is 55.5 Å². The normalized spacial score (nSPS) is 17.0. The molecule has 0 saturated carbocycles. The summed E-state index contributed by atoms with van der Waals surface area (Å²) in [5.74, 6) is 0.766. The van der Waals surface area contributed by atoms with Crippen LogP contribution in [0.2, 0.25) is 0 Å². The number of aromatic nitrogens is 3. The average Bonchev–Trinajstić information content (AvgIpc) is 3.38. The van der Waals surface area contributed by atoms with Crippen LogP contribution in [0.15, 0.2) is 79.1 Å². The third kappa shape index (κ3) is 4.12. The van der Waals surface area contributed by atoms with Crippen molar-refractivity contribution in [3.8, 4) is 5.75 Å². The number of nitro benzene ring substituents is 1. The lowest BCUT2D eigenvalue weighted by Gasteiger charge is -2.39. The van der Waals surface area contributed by atoms with E-state index in [2.05, 4.69) is 10.1 Å². The molecule has 2 atom stereocenters. The number of benzene rings is 3. The molecule has 1 aliphatic heterocycles. The lowest BCUT2D eigenvalue weighted by Crippen LogP contribution is -2.42. The van der Waals surface area contributed by atoms with Crippen LogP contribution >= 0.6 is 0 Å². The van der Waals surface area contributed by atoms with Crippen LogP contribution in [-0.2, 0) is 0 Å². The zero-order valence-electron chi connectivity index (χ0n) is 19.2. The van der Waals surface area contributed by atoms with Crippen molar-refractivity contribution >= 4 is 17.5 Å². The second-order valence-corrected chi connectivity index (χ2v) is 8.44. The summed E-state index contributed by atoms with van der Waals surface area (Å²) in [4.78, 5) is 30.7. The molecule has 0 bridgehead atoms. The van der Waals surface area contributed by atoms with Gasteiger partial charge in [-0.1, -0.05) is 48.0 Å². The molecule has 4 aromatic rings. The SMILES string of the molecule is COc1ccc(C2CC(c3ccc(C)cc3)N(C(=O)c3cccc([N+](=O)[O-])c3)c3ncnn32)cc1. The zero-order valence-corrected chi connectivity index (χ0v) is 19.2. The summed E-state index contributed by atoms with van der Waals surface area (Å²) < 4.78 is 7.04. The van der Waals surface area contributed by atoms with Crippen LogP contribution in [-0.4, -0.2) is 32.7 Å². The first kappa shape index (κ1) is 22.3. The number of anilines is 1. The highest BCUT2D eigenvalue weighted by Gasteiger charge is 2.40. The number of ether oxygens (including phenoxy) is 1. The number of hydrogen-bond acceptors (Lipinski definition) is 6. The van der Waals surface area contributed by atoms with Gasteiger partial charge in [0.2, 0.25) is 5.95 Å². The van der Waals surface area contributed by atoms with E-state index < -0.39 is 4.92 Å². The lowest BCUT2D eigenvalue weighted by molar-refractivity contribution is -0.384. The highest BCUT2D eigenvalue weighted by Crippen LogP contribution is 2.42. The van der Waals surface area contributed by atoms with Gasteiger partial charge in [-0.3, -0.25) is 19.8 Å². The van der Waals surface area contributed by atoms with E-state index in [1.54, 1.807) is 22.8 Å². The molecule has 0 saturated heterocycles. The Kier molecular flexibility index (Phi) is 5.74. The summed E-state index contributed by atoms with van der Waals surface area (Å²) in [6, 6.07) is 21.0.